The van der Waals surface area contributed by atoms with Gasteiger partial charge in [-0.05, 0) is 50.1 Å². The number of imidazole rings is 1. The van der Waals surface area contributed by atoms with Crippen LogP contribution in [0.5, 0.6) is 0 Å². The molecule has 1 aliphatic heterocycles. The normalized spacial score (nSPS) is 14.6. The summed E-state index contributed by atoms with van der Waals surface area (Å²) < 4.78 is 2.29. The van der Waals surface area contributed by atoms with Crippen LogP contribution in [0.1, 0.15) is 40.5 Å². The highest BCUT2D eigenvalue weighted by Crippen LogP contribution is 2.30. The van der Waals surface area contributed by atoms with Crippen LogP contribution in [0.25, 0.3) is 11.4 Å². The van der Waals surface area contributed by atoms with Gasteiger partial charge in [-0.3, -0.25) is 9.78 Å². The molecule has 3 aromatic rings. The minimum Gasteiger partial charge on any atom is -0.338 e. The van der Waals surface area contributed by atoms with Crippen molar-refractivity contribution in [2.75, 3.05) is 13.1 Å². The third kappa shape index (κ3) is 3.39. The molecule has 0 radical (unpaired) electrons. The van der Waals surface area contributed by atoms with E-state index in [0.717, 1.165) is 29.9 Å². The Morgan fingerprint density at radius 1 is 1.18 bits per heavy atom. The SMILES string of the molecule is Cc1cnc(-c2ccncc2)n1C1CCN(C(=O)c2cccc(C#N)c2)CC1. The topological polar surface area (TPSA) is 74.8 Å². The summed E-state index contributed by atoms with van der Waals surface area (Å²) >= 11 is 0. The van der Waals surface area contributed by atoms with Gasteiger partial charge in [0.1, 0.15) is 5.82 Å². The average Bonchev–Trinajstić information content (AvgIpc) is 3.15. The predicted octanol–water partition coefficient (Wildman–Crippen LogP) is 3.60. The monoisotopic (exact) mass is 371 g/mol. The fraction of sp³-hybridized carbons (Fsp3) is 0.273. The number of nitriles is 1. The molecule has 0 N–H and O–H groups in total. The van der Waals surface area contributed by atoms with Crippen molar-refractivity contribution >= 4 is 5.91 Å². The number of benzene rings is 1. The number of hydrogen-bond donors (Lipinski definition) is 0. The van der Waals surface area contributed by atoms with Crippen LogP contribution in [0.2, 0.25) is 0 Å². The van der Waals surface area contributed by atoms with E-state index >= 15 is 0 Å². The maximum absolute atomic E-state index is 12.8. The smallest absolute Gasteiger partial charge is 0.253 e. The third-order valence-electron chi connectivity index (χ3n) is 5.28. The van der Waals surface area contributed by atoms with Crippen molar-refractivity contribution in [2.45, 2.75) is 25.8 Å². The summed E-state index contributed by atoms with van der Waals surface area (Å²) in [5.74, 6) is 0.943. The molecule has 1 aliphatic rings. The van der Waals surface area contributed by atoms with E-state index in [9.17, 15) is 4.79 Å². The largest absolute Gasteiger partial charge is 0.338 e. The highest BCUT2D eigenvalue weighted by Gasteiger charge is 2.27. The van der Waals surface area contributed by atoms with Gasteiger partial charge in [0.25, 0.3) is 5.91 Å². The lowest BCUT2D eigenvalue weighted by Crippen LogP contribution is -2.39. The molecule has 6 heteroatoms. The number of likely N-dealkylation sites (tertiary alicyclic amines) is 1. The van der Waals surface area contributed by atoms with Crippen LogP contribution in [0.4, 0.5) is 0 Å². The Bertz CT molecular complexity index is 1030. The van der Waals surface area contributed by atoms with E-state index in [4.69, 9.17) is 5.26 Å². The Morgan fingerprint density at radius 2 is 1.93 bits per heavy atom. The Balaban J connectivity index is 1.50. The number of nitrogens with zero attached hydrogens (tertiary/aromatic N) is 5. The number of carbonyl (C=O) groups is 1. The molecular formula is C22H21N5O. The van der Waals surface area contributed by atoms with Gasteiger partial charge in [0.15, 0.2) is 0 Å². The molecule has 0 saturated carbocycles. The summed E-state index contributed by atoms with van der Waals surface area (Å²) in [7, 11) is 0. The second kappa shape index (κ2) is 7.65. The van der Waals surface area contributed by atoms with Crippen LogP contribution in [-0.2, 0) is 0 Å². The van der Waals surface area contributed by atoms with Gasteiger partial charge in [-0.15, -0.1) is 0 Å². The van der Waals surface area contributed by atoms with Crippen molar-refractivity contribution in [1.29, 1.82) is 5.26 Å². The number of pyridine rings is 1. The van der Waals surface area contributed by atoms with Crippen LogP contribution in [0.15, 0.2) is 55.0 Å². The molecule has 1 saturated heterocycles. The van der Waals surface area contributed by atoms with Gasteiger partial charge in [0.05, 0.1) is 11.6 Å². The van der Waals surface area contributed by atoms with Gasteiger partial charge in [-0.25, -0.2) is 4.98 Å². The fourth-order valence-corrected chi connectivity index (χ4v) is 3.85. The van der Waals surface area contributed by atoms with E-state index in [2.05, 4.69) is 27.5 Å². The molecule has 6 nitrogen and oxygen atoms in total. The summed E-state index contributed by atoms with van der Waals surface area (Å²) in [6, 6.07) is 13.3. The first-order valence-electron chi connectivity index (χ1n) is 9.41. The Labute approximate surface area is 164 Å². The molecule has 2 aromatic heterocycles. The maximum Gasteiger partial charge on any atom is 0.253 e. The molecule has 1 aromatic carbocycles. The lowest BCUT2D eigenvalue weighted by molar-refractivity contribution is 0.0694. The minimum absolute atomic E-state index is 0.00717. The van der Waals surface area contributed by atoms with Crippen LogP contribution in [-0.4, -0.2) is 38.4 Å². The number of aromatic nitrogens is 3. The molecule has 0 aliphatic carbocycles. The van der Waals surface area contributed by atoms with Crippen molar-refractivity contribution in [2.24, 2.45) is 0 Å². The molecule has 0 bridgehead atoms. The van der Waals surface area contributed by atoms with Crippen molar-refractivity contribution in [3.63, 3.8) is 0 Å². The van der Waals surface area contributed by atoms with E-state index in [0.29, 0.717) is 30.3 Å². The zero-order valence-corrected chi connectivity index (χ0v) is 15.7. The Morgan fingerprint density at radius 3 is 2.64 bits per heavy atom. The molecule has 1 amide bonds. The van der Waals surface area contributed by atoms with Crippen LogP contribution in [0.3, 0.4) is 0 Å². The van der Waals surface area contributed by atoms with Gasteiger partial charge < -0.3 is 9.47 Å². The number of piperidine rings is 1. The molecule has 140 valence electrons. The number of carbonyl (C=O) groups excluding carboxylic acids is 1. The second-order valence-electron chi connectivity index (χ2n) is 7.05. The van der Waals surface area contributed by atoms with Gasteiger partial charge in [0.2, 0.25) is 0 Å². The van der Waals surface area contributed by atoms with E-state index in [1.165, 1.54) is 0 Å². The predicted molar refractivity (Wildman–Crippen MR) is 106 cm³/mol. The van der Waals surface area contributed by atoms with Crippen molar-refractivity contribution in [1.82, 2.24) is 19.4 Å². The third-order valence-corrected chi connectivity index (χ3v) is 5.28. The highest BCUT2D eigenvalue weighted by molar-refractivity contribution is 5.94. The first-order chi connectivity index (χ1) is 13.7. The van der Waals surface area contributed by atoms with E-state index in [1.807, 2.05) is 23.2 Å². The van der Waals surface area contributed by atoms with Crippen LogP contribution in [0, 0.1) is 18.3 Å². The number of aryl methyl sites for hydroxylation is 1. The lowest BCUT2D eigenvalue weighted by atomic mass is 10.0. The van der Waals surface area contributed by atoms with E-state index in [1.54, 1.807) is 36.7 Å². The quantitative estimate of drug-likeness (QED) is 0.705. The number of hydrogen-bond acceptors (Lipinski definition) is 4. The van der Waals surface area contributed by atoms with Crippen LogP contribution >= 0.6 is 0 Å². The maximum atomic E-state index is 12.8. The Hall–Kier alpha value is -3.46. The standard InChI is InChI=1S/C22H21N5O/c1-16-15-25-21(18-5-9-24-10-6-18)27(16)20-7-11-26(12-8-20)22(28)19-4-2-3-17(13-19)14-23/h2-6,9-10,13,15,20H,7-8,11-12H2,1H3. The molecule has 4 rings (SSSR count). The first kappa shape index (κ1) is 17.9. The molecular weight excluding hydrogens is 350 g/mol. The van der Waals surface area contributed by atoms with Gasteiger partial charge in [-0.2, -0.15) is 5.26 Å². The van der Waals surface area contributed by atoms with Crippen molar-refractivity contribution in [3.8, 4) is 17.5 Å². The summed E-state index contributed by atoms with van der Waals surface area (Å²) in [5, 5.41) is 9.05. The van der Waals surface area contributed by atoms with E-state index < -0.39 is 0 Å². The summed E-state index contributed by atoms with van der Waals surface area (Å²) in [4.78, 5) is 23.4. The zero-order valence-electron chi connectivity index (χ0n) is 15.7. The second-order valence-corrected chi connectivity index (χ2v) is 7.05. The molecule has 0 spiro atoms. The molecule has 0 unspecified atom stereocenters. The number of rotatable bonds is 3. The molecule has 1 fully saturated rings. The van der Waals surface area contributed by atoms with Crippen molar-refractivity contribution in [3.05, 3.63) is 71.8 Å². The van der Waals surface area contributed by atoms with Crippen molar-refractivity contribution < 1.29 is 4.79 Å². The zero-order chi connectivity index (χ0) is 19.5. The highest BCUT2D eigenvalue weighted by atomic mass is 16.2. The summed E-state index contributed by atoms with van der Waals surface area (Å²) in [5.41, 5.74) is 3.26. The summed E-state index contributed by atoms with van der Waals surface area (Å²) in [6.07, 6.45) is 7.21. The fourth-order valence-electron chi connectivity index (χ4n) is 3.85. The first-order valence-corrected chi connectivity index (χ1v) is 9.41. The lowest BCUT2D eigenvalue weighted by Gasteiger charge is -2.34. The Kier molecular flexibility index (Phi) is 4.90. The number of amides is 1. The van der Waals surface area contributed by atoms with Gasteiger partial charge in [0, 0.05) is 54.5 Å². The summed E-state index contributed by atoms with van der Waals surface area (Å²) in [6.45, 7) is 3.45. The van der Waals surface area contributed by atoms with Gasteiger partial charge in [-0.1, -0.05) is 6.07 Å². The van der Waals surface area contributed by atoms with Gasteiger partial charge >= 0.3 is 0 Å². The van der Waals surface area contributed by atoms with Crippen LogP contribution < -0.4 is 0 Å². The molecule has 0 atom stereocenters. The minimum atomic E-state index is -0.00717. The molecule has 3 heterocycles. The van der Waals surface area contributed by atoms with E-state index in [-0.39, 0.29) is 5.91 Å². The molecule has 28 heavy (non-hydrogen) atoms. The average molecular weight is 371 g/mol.